The molecule has 0 unspecified atom stereocenters. The van der Waals surface area contributed by atoms with Gasteiger partial charge in [-0.2, -0.15) is 5.10 Å². The Morgan fingerprint density at radius 2 is 1.75 bits per heavy atom. The summed E-state index contributed by atoms with van der Waals surface area (Å²) in [7, 11) is 2.20. The molecule has 1 saturated heterocycles. The van der Waals surface area contributed by atoms with Crippen LogP contribution in [0.2, 0.25) is 0 Å². The van der Waals surface area contributed by atoms with Crippen LogP contribution >= 0.6 is 0 Å². The number of hydrogen-bond donors (Lipinski definition) is 1. The molecular formula is C26H30N6. The van der Waals surface area contributed by atoms with Crippen molar-refractivity contribution in [3.8, 4) is 11.1 Å². The zero-order valence-corrected chi connectivity index (χ0v) is 19.0. The van der Waals surface area contributed by atoms with Crippen molar-refractivity contribution in [3.05, 3.63) is 66.6 Å². The maximum absolute atomic E-state index is 4.76. The maximum atomic E-state index is 4.76. The molecule has 164 valence electrons. The molecule has 4 aromatic rings. The van der Waals surface area contributed by atoms with Crippen molar-refractivity contribution in [1.29, 1.82) is 0 Å². The molecule has 0 amide bonds. The van der Waals surface area contributed by atoms with Crippen molar-refractivity contribution < 1.29 is 0 Å². The number of hydrogen-bond acceptors (Lipinski definition) is 5. The van der Waals surface area contributed by atoms with E-state index in [1.54, 1.807) is 0 Å². The molecule has 6 heteroatoms. The van der Waals surface area contributed by atoms with Gasteiger partial charge in [0, 0.05) is 35.1 Å². The summed E-state index contributed by atoms with van der Waals surface area (Å²) in [4.78, 5) is 11.7. The van der Waals surface area contributed by atoms with Gasteiger partial charge in [0.1, 0.15) is 0 Å². The molecule has 0 atom stereocenters. The molecule has 32 heavy (non-hydrogen) atoms. The molecule has 6 nitrogen and oxygen atoms in total. The lowest BCUT2D eigenvalue weighted by molar-refractivity contribution is 0.255. The van der Waals surface area contributed by atoms with E-state index in [1.807, 2.05) is 17.1 Å². The molecule has 2 aromatic carbocycles. The Morgan fingerprint density at radius 1 is 0.969 bits per heavy atom. The summed E-state index contributed by atoms with van der Waals surface area (Å²) in [6.45, 7) is 6.61. The van der Waals surface area contributed by atoms with Gasteiger partial charge in [-0.25, -0.2) is 9.97 Å². The molecule has 2 aromatic heterocycles. The topological polar surface area (TPSA) is 58.9 Å². The molecule has 5 rings (SSSR count). The van der Waals surface area contributed by atoms with Crippen molar-refractivity contribution in [2.75, 3.05) is 25.5 Å². The van der Waals surface area contributed by atoms with E-state index >= 15 is 0 Å². The first kappa shape index (κ1) is 20.6. The Balaban J connectivity index is 1.34. The number of likely N-dealkylation sites (tertiary alicyclic amines) is 1. The third-order valence-corrected chi connectivity index (χ3v) is 6.40. The third-order valence-electron chi connectivity index (χ3n) is 6.40. The number of nitrogens with one attached hydrogen (secondary N) is 1. The third kappa shape index (κ3) is 4.36. The van der Waals surface area contributed by atoms with Crippen LogP contribution in [-0.4, -0.2) is 44.8 Å². The largest absolute Gasteiger partial charge is 0.324 e. The first-order chi connectivity index (χ1) is 15.5. The van der Waals surface area contributed by atoms with Crippen molar-refractivity contribution in [3.63, 3.8) is 0 Å². The van der Waals surface area contributed by atoms with Gasteiger partial charge in [0.25, 0.3) is 0 Å². The summed E-state index contributed by atoms with van der Waals surface area (Å²) < 4.78 is 1.97. The van der Waals surface area contributed by atoms with Crippen LogP contribution < -0.4 is 5.32 Å². The molecule has 0 saturated carbocycles. The number of fused-ring (bicyclic) bond motifs is 1. The zero-order chi connectivity index (χ0) is 22.1. The molecule has 0 bridgehead atoms. The fourth-order valence-corrected chi connectivity index (χ4v) is 4.34. The molecule has 1 aliphatic rings. The average molecular weight is 427 g/mol. The number of anilines is 2. The smallest absolute Gasteiger partial charge is 0.227 e. The van der Waals surface area contributed by atoms with E-state index in [0.717, 1.165) is 27.7 Å². The van der Waals surface area contributed by atoms with Crippen molar-refractivity contribution in [2.45, 2.75) is 38.6 Å². The number of aromatic nitrogens is 4. The number of piperidine rings is 1. The van der Waals surface area contributed by atoms with Gasteiger partial charge >= 0.3 is 0 Å². The second-order valence-corrected chi connectivity index (χ2v) is 9.09. The average Bonchev–Trinajstić information content (AvgIpc) is 3.31. The van der Waals surface area contributed by atoms with Gasteiger partial charge in [-0.15, -0.1) is 0 Å². The van der Waals surface area contributed by atoms with Gasteiger partial charge in [-0.05, 0) is 82.1 Å². The Bertz CT molecular complexity index is 1200. The predicted molar refractivity (Wildman–Crippen MR) is 130 cm³/mol. The Labute approximate surface area is 189 Å². The van der Waals surface area contributed by atoms with Gasteiger partial charge in [0.15, 0.2) is 0 Å². The van der Waals surface area contributed by atoms with Crippen LogP contribution in [0.15, 0.2) is 61.1 Å². The number of rotatable bonds is 5. The highest BCUT2D eigenvalue weighted by Gasteiger charge is 2.18. The van der Waals surface area contributed by atoms with Crippen molar-refractivity contribution in [2.24, 2.45) is 0 Å². The van der Waals surface area contributed by atoms with Crippen molar-refractivity contribution in [1.82, 2.24) is 24.6 Å². The second-order valence-electron chi connectivity index (χ2n) is 9.09. The monoisotopic (exact) mass is 426 g/mol. The van der Waals surface area contributed by atoms with Crippen LogP contribution in [0.5, 0.6) is 0 Å². The Morgan fingerprint density at radius 3 is 2.47 bits per heavy atom. The fourth-order valence-electron chi connectivity index (χ4n) is 4.34. The molecule has 0 radical (unpaired) electrons. The summed E-state index contributed by atoms with van der Waals surface area (Å²) >= 11 is 0. The summed E-state index contributed by atoms with van der Waals surface area (Å²) in [5.74, 6) is 1.27. The maximum Gasteiger partial charge on any atom is 0.227 e. The molecule has 0 aliphatic carbocycles. The highest BCUT2D eigenvalue weighted by molar-refractivity contribution is 5.84. The predicted octanol–water partition coefficient (Wildman–Crippen LogP) is 5.63. The van der Waals surface area contributed by atoms with E-state index in [-0.39, 0.29) is 0 Å². The van der Waals surface area contributed by atoms with E-state index in [4.69, 9.17) is 4.98 Å². The van der Waals surface area contributed by atoms with E-state index in [0.29, 0.717) is 17.9 Å². The lowest BCUT2D eigenvalue weighted by Gasteiger charge is -2.29. The first-order valence-electron chi connectivity index (χ1n) is 11.4. The van der Waals surface area contributed by atoms with Gasteiger partial charge in [-0.1, -0.05) is 24.3 Å². The number of benzene rings is 2. The minimum Gasteiger partial charge on any atom is -0.324 e. The van der Waals surface area contributed by atoms with Gasteiger partial charge in [0.2, 0.25) is 5.95 Å². The summed E-state index contributed by atoms with van der Waals surface area (Å²) in [5.41, 5.74) is 5.56. The quantitative estimate of drug-likeness (QED) is 0.448. The normalized spacial score (nSPS) is 15.5. The van der Waals surface area contributed by atoms with Crippen LogP contribution in [0.25, 0.3) is 22.0 Å². The minimum atomic E-state index is 0.341. The lowest BCUT2D eigenvalue weighted by Crippen LogP contribution is -2.29. The minimum absolute atomic E-state index is 0.341. The molecule has 0 spiro atoms. The van der Waals surface area contributed by atoms with Crippen molar-refractivity contribution >= 4 is 22.5 Å². The molecule has 1 fully saturated rings. The highest BCUT2D eigenvalue weighted by Crippen LogP contribution is 2.29. The lowest BCUT2D eigenvalue weighted by atomic mass is 9.89. The van der Waals surface area contributed by atoms with E-state index in [9.17, 15) is 0 Å². The summed E-state index contributed by atoms with van der Waals surface area (Å²) in [5, 5.41) is 8.85. The van der Waals surface area contributed by atoms with E-state index in [2.05, 4.69) is 89.9 Å². The van der Waals surface area contributed by atoms with Crippen LogP contribution in [0, 0.1) is 0 Å². The van der Waals surface area contributed by atoms with Gasteiger partial charge in [0.05, 0.1) is 11.7 Å². The number of nitrogens with zero attached hydrogens (tertiary/aromatic N) is 5. The van der Waals surface area contributed by atoms with Crippen LogP contribution in [0.4, 0.5) is 11.6 Å². The van der Waals surface area contributed by atoms with Gasteiger partial charge in [-0.3, -0.25) is 4.68 Å². The molecule has 1 aliphatic heterocycles. The molecule has 3 heterocycles. The van der Waals surface area contributed by atoms with Crippen LogP contribution in [-0.2, 0) is 0 Å². The highest BCUT2D eigenvalue weighted by atomic mass is 15.3. The molecule has 1 N–H and O–H groups in total. The van der Waals surface area contributed by atoms with E-state index in [1.165, 1.54) is 31.5 Å². The summed E-state index contributed by atoms with van der Waals surface area (Å²) in [6.07, 6.45) is 8.33. The second kappa shape index (κ2) is 8.71. The Hall–Kier alpha value is -3.25. The van der Waals surface area contributed by atoms with E-state index < -0.39 is 0 Å². The molecular weight excluding hydrogens is 396 g/mol. The Kier molecular flexibility index (Phi) is 5.62. The van der Waals surface area contributed by atoms with Gasteiger partial charge < -0.3 is 10.2 Å². The standard InChI is InChI=1S/C26H30N6/c1-18(2)32-17-23(16-28-32)21-4-5-22-15-27-26(30-25(22)14-21)29-24-8-6-19(7-9-24)20-10-12-31(3)13-11-20/h4-9,14-18,20H,10-13H2,1-3H3,(H,27,29,30). The first-order valence-corrected chi connectivity index (χ1v) is 11.4. The summed E-state index contributed by atoms with van der Waals surface area (Å²) in [6, 6.07) is 15.4. The fraction of sp³-hybridized carbons (Fsp3) is 0.346. The zero-order valence-electron chi connectivity index (χ0n) is 19.0. The van der Waals surface area contributed by atoms with Crippen LogP contribution in [0.1, 0.15) is 44.2 Å². The SMILES string of the molecule is CC(C)n1cc(-c2ccc3cnc(Nc4ccc(C5CCN(C)CC5)cc4)nc3c2)cn1. The van der Waals surface area contributed by atoms with Crippen LogP contribution in [0.3, 0.4) is 0 Å².